The predicted octanol–water partition coefficient (Wildman–Crippen LogP) is 3.82. The average molecular weight is 448 g/mol. The minimum absolute atomic E-state index is 0.00600. The summed E-state index contributed by atoms with van der Waals surface area (Å²) in [5.41, 5.74) is 4.33. The van der Waals surface area contributed by atoms with E-state index >= 15 is 0 Å². The van der Waals surface area contributed by atoms with Crippen LogP contribution in [0.2, 0.25) is 5.02 Å². The molecule has 0 unspecified atom stereocenters. The van der Waals surface area contributed by atoms with Crippen LogP contribution >= 0.6 is 11.6 Å². The average Bonchev–Trinajstić information content (AvgIpc) is 3.08. The summed E-state index contributed by atoms with van der Waals surface area (Å²) in [6.07, 6.45) is 1.49. The molecule has 1 fully saturated rings. The van der Waals surface area contributed by atoms with Crippen LogP contribution in [-0.4, -0.2) is 24.3 Å². The van der Waals surface area contributed by atoms with Gasteiger partial charge in [0.15, 0.2) is 6.61 Å². The first-order chi connectivity index (χ1) is 15.5. The molecule has 1 heterocycles. The number of benzene rings is 3. The first-order valence-electron chi connectivity index (χ1n) is 9.70. The summed E-state index contributed by atoms with van der Waals surface area (Å²) < 4.78 is 5.55. The van der Waals surface area contributed by atoms with Crippen LogP contribution in [0.25, 0.3) is 6.08 Å². The normalized spacial score (nSPS) is 14.4. The Balaban J connectivity index is 1.42. The Labute approximate surface area is 189 Å². The Morgan fingerprint density at radius 3 is 2.50 bits per heavy atom. The van der Waals surface area contributed by atoms with Crippen LogP contribution in [0.4, 0.5) is 11.4 Å². The summed E-state index contributed by atoms with van der Waals surface area (Å²) in [6, 6.07) is 22.3. The van der Waals surface area contributed by atoms with Crippen LogP contribution in [0.5, 0.6) is 5.75 Å². The third-order valence-corrected chi connectivity index (χ3v) is 4.82. The molecule has 0 atom stereocenters. The van der Waals surface area contributed by atoms with Crippen LogP contribution in [-0.2, 0) is 14.4 Å². The van der Waals surface area contributed by atoms with Crippen molar-refractivity contribution in [2.45, 2.75) is 0 Å². The van der Waals surface area contributed by atoms with Gasteiger partial charge in [0, 0.05) is 10.7 Å². The van der Waals surface area contributed by atoms with Crippen molar-refractivity contribution in [1.29, 1.82) is 0 Å². The highest BCUT2D eigenvalue weighted by molar-refractivity contribution is 6.31. The predicted molar refractivity (Wildman–Crippen MR) is 122 cm³/mol. The van der Waals surface area contributed by atoms with Gasteiger partial charge in [-0.3, -0.25) is 19.8 Å². The first-order valence-corrected chi connectivity index (χ1v) is 10.1. The highest BCUT2D eigenvalue weighted by Gasteiger charge is 2.34. The molecule has 0 radical (unpaired) electrons. The number of ether oxygens (including phenoxy) is 1. The third-order valence-electron chi connectivity index (χ3n) is 4.57. The minimum Gasteiger partial charge on any atom is -0.484 e. The van der Waals surface area contributed by atoms with Crippen molar-refractivity contribution in [1.82, 2.24) is 5.43 Å². The summed E-state index contributed by atoms with van der Waals surface area (Å²) in [4.78, 5) is 37.1. The number of para-hydroxylation sites is 1. The van der Waals surface area contributed by atoms with E-state index in [1.54, 1.807) is 72.8 Å². The van der Waals surface area contributed by atoms with Gasteiger partial charge in [-0.15, -0.1) is 0 Å². The molecule has 1 aliphatic heterocycles. The Bertz CT molecular complexity index is 1190. The highest BCUT2D eigenvalue weighted by Crippen LogP contribution is 2.22. The maximum absolute atomic E-state index is 12.7. The van der Waals surface area contributed by atoms with E-state index in [0.717, 1.165) is 0 Å². The summed E-state index contributed by atoms with van der Waals surface area (Å²) >= 11 is 5.83. The lowest BCUT2D eigenvalue weighted by molar-refractivity contribution is -0.118. The van der Waals surface area contributed by atoms with Crippen LogP contribution in [0.3, 0.4) is 0 Å². The molecule has 3 amide bonds. The fourth-order valence-corrected chi connectivity index (χ4v) is 3.18. The Kier molecular flexibility index (Phi) is 6.19. The third kappa shape index (κ3) is 4.96. The van der Waals surface area contributed by atoms with Gasteiger partial charge in [0.25, 0.3) is 17.7 Å². The second-order valence-electron chi connectivity index (χ2n) is 6.89. The minimum atomic E-state index is -0.493. The van der Waals surface area contributed by atoms with Gasteiger partial charge < -0.3 is 10.1 Å². The maximum Gasteiger partial charge on any atom is 0.282 e. The zero-order valence-electron chi connectivity index (χ0n) is 16.7. The number of hydrazine groups is 1. The quantitative estimate of drug-likeness (QED) is 0.444. The van der Waals surface area contributed by atoms with Crippen LogP contribution < -0.4 is 20.5 Å². The zero-order valence-corrected chi connectivity index (χ0v) is 17.5. The number of nitrogens with zero attached hydrogens (tertiary/aromatic N) is 1. The molecule has 0 aliphatic carbocycles. The summed E-state index contributed by atoms with van der Waals surface area (Å²) in [6.45, 7) is -0.205. The molecule has 7 nitrogen and oxygen atoms in total. The van der Waals surface area contributed by atoms with Crippen molar-refractivity contribution in [3.8, 4) is 5.75 Å². The second-order valence-corrected chi connectivity index (χ2v) is 7.33. The fourth-order valence-electron chi connectivity index (χ4n) is 3.06. The lowest BCUT2D eigenvalue weighted by Gasteiger charge is -2.13. The van der Waals surface area contributed by atoms with Gasteiger partial charge in [0.05, 0.1) is 5.69 Å². The van der Waals surface area contributed by atoms with Gasteiger partial charge in [0.1, 0.15) is 11.3 Å². The molecule has 0 aromatic heterocycles. The zero-order chi connectivity index (χ0) is 22.5. The molecule has 0 saturated carbocycles. The molecule has 3 aromatic rings. The molecule has 160 valence electrons. The number of rotatable bonds is 6. The Morgan fingerprint density at radius 2 is 1.75 bits per heavy atom. The van der Waals surface area contributed by atoms with E-state index in [2.05, 4.69) is 10.7 Å². The number of halogens is 1. The molecule has 0 spiro atoms. The molecule has 1 saturated heterocycles. The standard InChI is InChI=1S/C24H18ClN3O4/c25-17-9-11-18(12-10-17)26-22(29)15-32-20-8-4-5-16(13-20)14-21-23(30)27-28(24(21)31)19-6-2-1-3-7-19/h1-14H,15H2,(H,26,29)(H,27,30)/b21-14-. The van der Waals surface area contributed by atoms with Crippen molar-refractivity contribution < 1.29 is 19.1 Å². The molecular formula is C24H18ClN3O4. The van der Waals surface area contributed by atoms with Crippen molar-refractivity contribution in [3.05, 3.63) is 95.0 Å². The number of carbonyl (C=O) groups is 3. The monoisotopic (exact) mass is 447 g/mol. The Hall–Kier alpha value is -4.10. The van der Waals surface area contributed by atoms with Crippen LogP contribution in [0.15, 0.2) is 84.4 Å². The maximum atomic E-state index is 12.7. The van der Waals surface area contributed by atoms with E-state index < -0.39 is 11.8 Å². The molecule has 4 rings (SSSR count). The van der Waals surface area contributed by atoms with Gasteiger partial charge in [-0.05, 0) is 60.2 Å². The smallest absolute Gasteiger partial charge is 0.282 e. The van der Waals surface area contributed by atoms with Gasteiger partial charge in [-0.25, -0.2) is 5.01 Å². The molecule has 1 aliphatic rings. The molecule has 2 N–H and O–H groups in total. The van der Waals surface area contributed by atoms with E-state index in [1.807, 2.05) is 6.07 Å². The van der Waals surface area contributed by atoms with Gasteiger partial charge >= 0.3 is 0 Å². The van der Waals surface area contributed by atoms with E-state index in [-0.39, 0.29) is 18.1 Å². The van der Waals surface area contributed by atoms with Gasteiger partial charge in [-0.1, -0.05) is 41.9 Å². The molecule has 32 heavy (non-hydrogen) atoms. The highest BCUT2D eigenvalue weighted by atomic mass is 35.5. The number of nitrogens with one attached hydrogen (secondary N) is 2. The lowest BCUT2D eigenvalue weighted by Crippen LogP contribution is -2.35. The van der Waals surface area contributed by atoms with Gasteiger partial charge in [0.2, 0.25) is 0 Å². The van der Waals surface area contributed by atoms with Crippen molar-refractivity contribution in [3.63, 3.8) is 0 Å². The van der Waals surface area contributed by atoms with Crippen molar-refractivity contribution >= 4 is 46.8 Å². The SMILES string of the molecule is O=C(COc1cccc(/C=C2/C(=O)NN(c3ccccc3)C2=O)c1)Nc1ccc(Cl)cc1. The molecule has 8 heteroatoms. The van der Waals surface area contributed by atoms with Crippen molar-refractivity contribution in [2.24, 2.45) is 0 Å². The van der Waals surface area contributed by atoms with Crippen molar-refractivity contribution in [2.75, 3.05) is 16.9 Å². The van der Waals surface area contributed by atoms with Crippen LogP contribution in [0.1, 0.15) is 5.56 Å². The molecular weight excluding hydrogens is 430 g/mol. The van der Waals surface area contributed by atoms with Crippen LogP contribution in [0, 0.1) is 0 Å². The summed E-state index contributed by atoms with van der Waals surface area (Å²) in [5.74, 6) is -0.848. The van der Waals surface area contributed by atoms with E-state index in [1.165, 1.54) is 11.1 Å². The van der Waals surface area contributed by atoms with E-state index in [9.17, 15) is 14.4 Å². The first kappa shape index (κ1) is 21.1. The summed E-state index contributed by atoms with van der Waals surface area (Å²) in [5, 5.41) is 4.49. The topological polar surface area (TPSA) is 87.7 Å². The van der Waals surface area contributed by atoms with E-state index in [0.29, 0.717) is 27.7 Å². The number of hydrogen-bond acceptors (Lipinski definition) is 4. The lowest BCUT2D eigenvalue weighted by atomic mass is 10.1. The second kappa shape index (κ2) is 9.36. The number of amides is 3. The van der Waals surface area contributed by atoms with E-state index in [4.69, 9.17) is 16.3 Å². The fraction of sp³-hybridized carbons (Fsp3) is 0.0417. The molecule has 3 aromatic carbocycles. The largest absolute Gasteiger partial charge is 0.484 e. The number of hydrogen-bond donors (Lipinski definition) is 2. The van der Waals surface area contributed by atoms with Gasteiger partial charge in [-0.2, -0.15) is 0 Å². The molecule has 0 bridgehead atoms. The Morgan fingerprint density at radius 1 is 1.00 bits per heavy atom. The number of anilines is 2. The number of carbonyl (C=O) groups excluding carboxylic acids is 3. The summed E-state index contributed by atoms with van der Waals surface area (Å²) in [7, 11) is 0.